The van der Waals surface area contributed by atoms with Crippen molar-refractivity contribution in [2.45, 2.75) is 13.0 Å². The van der Waals surface area contributed by atoms with Crippen LogP contribution < -0.4 is 15.4 Å². The maximum Gasteiger partial charge on any atom is 0.338 e. The highest BCUT2D eigenvalue weighted by Crippen LogP contribution is 2.28. The molecule has 1 atom stereocenters. The summed E-state index contributed by atoms with van der Waals surface area (Å²) in [6, 6.07) is 7.09. The molecule has 116 valence electrons. The van der Waals surface area contributed by atoms with Gasteiger partial charge in [-0.2, -0.15) is 0 Å². The quantitative estimate of drug-likeness (QED) is 0.493. The summed E-state index contributed by atoms with van der Waals surface area (Å²) in [7, 11) is 1.61. The first-order chi connectivity index (χ1) is 10.6. The Morgan fingerprint density at radius 1 is 1.41 bits per heavy atom. The number of hydrogen-bond acceptors (Lipinski definition) is 4. The summed E-state index contributed by atoms with van der Waals surface area (Å²) in [6.45, 7) is 5.51. The zero-order chi connectivity index (χ0) is 16.1. The van der Waals surface area contributed by atoms with E-state index in [1.165, 1.54) is 6.08 Å². The minimum atomic E-state index is -0.402. The Hall–Kier alpha value is -2.34. The van der Waals surface area contributed by atoms with Gasteiger partial charge in [0.25, 0.3) is 0 Å². The van der Waals surface area contributed by atoms with Crippen LogP contribution in [0.25, 0.3) is 0 Å². The number of rotatable bonds is 5. The van der Waals surface area contributed by atoms with Crippen molar-refractivity contribution in [2.24, 2.45) is 0 Å². The Bertz CT molecular complexity index is 623. The van der Waals surface area contributed by atoms with Gasteiger partial charge in [0.05, 0.1) is 18.7 Å². The van der Waals surface area contributed by atoms with E-state index in [0.29, 0.717) is 16.4 Å². The van der Waals surface area contributed by atoms with E-state index in [2.05, 4.69) is 17.2 Å². The average molecular weight is 318 g/mol. The molecule has 2 rings (SSSR count). The topological polar surface area (TPSA) is 59.6 Å². The van der Waals surface area contributed by atoms with Crippen molar-refractivity contribution >= 4 is 23.3 Å². The summed E-state index contributed by atoms with van der Waals surface area (Å²) in [4.78, 5) is 12.3. The third kappa shape index (κ3) is 3.46. The minimum absolute atomic E-state index is 0.162. The van der Waals surface area contributed by atoms with Crippen molar-refractivity contribution in [3.8, 4) is 5.75 Å². The van der Waals surface area contributed by atoms with Crippen LogP contribution in [-0.2, 0) is 9.53 Å². The Balaban J connectivity index is 2.36. The predicted molar refractivity (Wildman–Crippen MR) is 88.5 cm³/mol. The monoisotopic (exact) mass is 318 g/mol. The molecule has 0 bridgehead atoms. The van der Waals surface area contributed by atoms with E-state index in [0.717, 1.165) is 11.3 Å². The fraction of sp³-hybridized carbons (Fsp3) is 0.250. The second-order valence-corrected chi connectivity index (χ2v) is 5.14. The zero-order valence-corrected chi connectivity index (χ0v) is 13.3. The van der Waals surface area contributed by atoms with Crippen LogP contribution in [0.15, 0.2) is 48.2 Å². The normalized spacial score (nSPS) is 17.4. The first-order valence-electron chi connectivity index (χ1n) is 6.77. The molecule has 6 heteroatoms. The van der Waals surface area contributed by atoms with Crippen molar-refractivity contribution in [3.05, 3.63) is 53.8 Å². The molecule has 22 heavy (non-hydrogen) atoms. The molecule has 1 aliphatic rings. The third-order valence-electron chi connectivity index (χ3n) is 3.27. The number of benzene rings is 1. The van der Waals surface area contributed by atoms with Crippen molar-refractivity contribution < 1.29 is 14.3 Å². The van der Waals surface area contributed by atoms with Gasteiger partial charge < -0.3 is 20.1 Å². The Morgan fingerprint density at radius 3 is 2.68 bits per heavy atom. The van der Waals surface area contributed by atoms with E-state index in [4.69, 9.17) is 21.7 Å². The van der Waals surface area contributed by atoms with Crippen LogP contribution in [0.2, 0.25) is 0 Å². The summed E-state index contributed by atoms with van der Waals surface area (Å²) in [5.74, 6) is 0.345. The second-order valence-electron chi connectivity index (χ2n) is 4.73. The minimum Gasteiger partial charge on any atom is -0.497 e. The molecule has 0 fully saturated rings. The van der Waals surface area contributed by atoms with Crippen LogP contribution in [0.3, 0.4) is 0 Å². The van der Waals surface area contributed by atoms with Gasteiger partial charge in [0.15, 0.2) is 5.11 Å². The number of carbonyl (C=O) groups is 1. The highest BCUT2D eigenvalue weighted by molar-refractivity contribution is 7.80. The summed E-state index contributed by atoms with van der Waals surface area (Å²) in [5.41, 5.74) is 2.08. The van der Waals surface area contributed by atoms with Gasteiger partial charge in [0, 0.05) is 5.70 Å². The van der Waals surface area contributed by atoms with Crippen molar-refractivity contribution in [1.29, 1.82) is 0 Å². The Labute approximate surface area is 135 Å². The van der Waals surface area contributed by atoms with Gasteiger partial charge in [-0.15, -0.1) is 0 Å². The van der Waals surface area contributed by atoms with E-state index < -0.39 is 5.97 Å². The summed E-state index contributed by atoms with van der Waals surface area (Å²) < 4.78 is 10.3. The lowest BCUT2D eigenvalue weighted by Gasteiger charge is -2.29. The average Bonchev–Trinajstić information content (AvgIpc) is 2.52. The van der Waals surface area contributed by atoms with Crippen LogP contribution in [0.1, 0.15) is 18.5 Å². The first kappa shape index (κ1) is 16.0. The van der Waals surface area contributed by atoms with E-state index in [9.17, 15) is 4.79 Å². The highest BCUT2D eigenvalue weighted by atomic mass is 32.1. The highest BCUT2D eigenvalue weighted by Gasteiger charge is 2.30. The number of thiocarbonyl (C=S) groups is 1. The molecule has 0 aliphatic carbocycles. The lowest BCUT2D eigenvalue weighted by Crippen LogP contribution is -2.45. The maximum atomic E-state index is 12.3. The lowest BCUT2D eigenvalue weighted by molar-refractivity contribution is -0.138. The predicted octanol–water partition coefficient (Wildman–Crippen LogP) is 2.22. The largest absolute Gasteiger partial charge is 0.497 e. The van der Waals surface area contributed by atoms with Crippen molar-refractivity contribution in [1.82, 2.24) is 10.6 Å². The van der Waals surface area contributed by atoms with Crippen LogP contribution in [0, 0.1) is 0 Å². The number of carbonyl (C=O) groups excluding carboxylic acids is 1. The Morgan fingerprint density at radius 2 is 2.09 bits per heavy atom. The van der Waals surface area contributed by atoms with Gasteiger partial charge in [-0.3, -0.25) is 0 Å². The number of methoxy groups -OCH3 is 1. The van der Waals surface area contributed by atoms with Gasteiger partial charge in [0.2, 0.25) is 0 Å². The summed E-state index contributed by atoms with van der Waals surface area (Å²) in [6.07, 6.45) is 1.53. The fourth-order valence-corrected chi connectivity index (χ4v) is 2.49. The van der Waals surface area contributed by atoms with Crippen molar-refractivity contribution in [2.75, 3.05) is 13.7 Å². The van der Waals surface area contributed by atoms with Gasteiger partial charge in [-0.1, -0.05) is 24.8 Å². The molecule has 0 radical (unpaired) electrons. The Kier molecular flexibility index (Phi) is 5.16. The molecule has 1 heterocycles. The molecule has 0 spiro atoms. The van der Waals surface area contributed by atoms with Gasteiger partial charge in [-0.25, -0.2) is 4.79 Å². The van der Waals surface area contributed by atoms with Crippen molar-refractivity contribution in [3.63, 3.8) is 0 Å². The summed E-state index contributed by atoms with van der Waals surface area (Å²) >= 11 is 5.19. The van der Waals surface area contributed by atoms with Gasteiger partial charge in [0.1, 0.15) is 12.4 Å². The molecule has 0 unspecified atom stereocenters. The molecule has 0 aromatic heterocycles. The molecule has 0 saturated heterocycles. The van der Waals surface area contributed by atoms with Crippen LogP contribution >= 0.6 is 12.2 Å². The van der Waals surface area contributed by atoms with Crippen LogP contribution in [0.4, 0.5) is 0 Å². The second kappa shape index (κ2) is 7.09. The smallest absolute Gasteiger partial charge is 0.338 e. The molecular formula is C16H18N2O3S. The SMILES string of the molecule is C=CCOC(=O)C1=C(C)NC(=S)N[C@@H]1c1ccc(OC)cc1. The van der Waals surface area contributed by atoms with Gasteiger partial charge >= 0.3 is 5.97 Å². The number of nitrogens with one attached hydrogen (secondary N) is 2. The number of esters is 1. The molecule has 1 aromatic carbocycles. The maximum absolute atomic E-state index is 12.3. The zero-order valence-electron chi connectivity index (χ0n) is 12.5. The van der Waals surface area contributed by atoms with Crippen LogP contribution in [0.5, 0.6) is 5.75 Å². The molecule has 0 saturated carbocycles. The fourth-order valence-electron chi connectivity index (χ4n) is 2.22. The van der Waals surface area contributed by atoms with Gasteiger partial charge in [-0.05, 0) is 36.8 Å². The van der Waals surface area contributed by atoms with Crippen LogP contribution in [-0.4, -0.2) is 24.8 Å². The van der Waals surface area contributed by atoms with E-state index >= 15 is 0 Å². The third-order valence-corrected chi connectivity index (χ3v) is 3.49. The number of hydrogen-bond donors (Lipinski definition) is 2. The molecule has 0 amide bonds. The van der Waals surface area contributed by atoms with E-state index in [-0.39, 0.29) is 12.6 Å². The van der Waals surface area contributed by atoms with E-state index in [1.807, 2.05) is 24.3 Å². The number of allylic oxidation sites excluding steroid dienone is 1. The first-order valence-corrected chi connectivity index (χ1v) is 7.18. The molecular weight excluding hydrogens is 300 g/mol. The molecule has 1 aliphatic heterocycles. The number of ether oxygens (including phenoxy) is 2. The van der Waals surface area contributed by atoms with E-state index in [1.54, 1.807) is 14.0 Å². The molecule has 1 aromatic rings. The molecule has 2 N–H and O–H groups in total. The lowest BCUT2D eigenvalue weighted by atomic mass is 9.95. The standard InChI is InChI=1S/C16H18N2O3S/c1-4-9-21-15(19)13-10(2)17-16(22)18-14(13)11-5-7-12(20-3)8-6-11/h4-8,14H,1,9H2,2-3H3,(H2,17,18,22)/t14-/m1/s1. The molecule has 5 nitrogen and oxygen atoms in total. The summed E-state index contributed by atoms with van der Waals surface area (Å²) in [5, 5.41) is 6.53.